The quantitative estimate of drug-likeness (QED) is 0.656. The molecule has 2 aliphatic heterocycles. The second kappa shape index (κ2) is 7.29. The molecule has 0 aromatic heterocycles. The van der Waals surface area contributed by atoms with Crippen LogP contribution in [0.15, 0.2) is 42.5 Å². The minimum Gasteiger partial charge on any atom is -0.504 e. The molecule has 0 radical (unpaired) electrons. The van der Waals surface area contributed by atoms with E-state index in [1.54, 1.807) is 11.0 Å². The third kappa shape index (κ3) is 2.61. The number of benzene rings is 2. The van der Waals surface area contributed by atoms with Crippen molar-refractivity contribution in [2.24, 2.45) is 17.3 Å². The molecule has 4 aliphatic carbocycles. The Morgan fingerprint density at radius 3 is 2.73 bits per heavy atom. The predicted octanol–water partition coefficient (Wildman–Crippen LogP) is 3.62. The molecule has 6 nitrogen and oxygen atoms in total. The first kappa shape index (κ1) is 22.4. The number of hydrogen-bond acceptors (Lipinski definition) is 5. The van der Waals surface area contributed by atoms with Crippen LogP contribution in [0.3, 0.4) is 0 Å². The summed E-state index contributed by atoms with van der Waals surface area (Å²) in [4.78, 5) is 18.6. The number of hydrogen-bond donors (Lipinski definition) is 2. The molecular formula is C31H36N2O4. The van der Waals surface area contributed by atoms with Gasteiger partial charge in [-0.1, -0.05) is 36.4 Å². The first-order valence-electron chi connectivity index (χ1n) is 14.2. The van der Waals surface area contributed by atoms with Crippen LogP contribution < -0.4 is 4.74 Å². The molecule has 6 aliphatic rings. The molecule has 6 heteroatoms. The SMILES string of the molecule is CN(Cc1ccccc1)C(=O)[C@@H]1C[C@]23CCC4(Oc5c(O)ccc6c5[C@@]42CCN(CC2CC2)[C@@H]3C6)C1O. The first-order chi connectivity index (χ1) is 17.9. The zero-order valence-electron chi connectivity index (χ0n) is 21.5. The smallest absolute Gasteiger partial charge is 0.228 e. The number of piperidine rings is 1. The average Bonchev–Trinajstić information content (AvgIpc) is 3.61. The molecule has 194 valence electrons. The van der Waals surface area contributed by atoms with Gasteiger partial charge in [0, 0.05) is 37.2 Å². The maximum absolute atomic E-state index is 14.1. The van der Waals surface area contributed by atoms with Gasteiger partial charge in [-0.3, -0.25) is 9.69 Å². The number of aliphatic hydroxyl groups is 1. The number of rotatable bonds is 5. The Bertz CT molecular complexity index is 1290. The van der Waals surface area contributed by atoms with Gasteiger partial charge in [0.25, 0.3) is 0 Å². The zero-order chi connectivity index (χ0) is 25.2. The normalized spacial score (nSPS) is 38.7. The second-order valence-corrected chi connectivity index (χ2v) is 12.8. The fourth-order valence-electron chi connectivity index (χ4n) is 9.77. The van der Waals surface area contributed by atoms with Crippen LogP contribution in [0, 0.1) is 17.3 Å². The van der Waals surface area contributed by atoms with Gasteiger partial charge in [-0.2, -0.15) is 0 Å². The fourth-order valence-corrected chi connectivity index (χ4v) is 9.77. The number of amides is 1. The topological polar surface area (TPSA) is 73.2 Å². The van der Waals surface area contributed by atoms with Gasteiger partial charge in [0.15, 0.2) is 11.5 Å². The summed E-state index contributed by atoms with van der Waals surface area (Å²) >= 11 is 0. The van der Waals surface area contributed by atoms with E-state index in [-0.39, 0.29) is 22.5 Å². The van der Waals surface area contributed by atoms with Crippen LogP contribution in [0.25, 0.3) is 0 Å². The fraction of sp³-hybridized carbons (Fsp3) is 0.581. The highest BCUT2D eigenvalue weighted by molar-refractivity contribution is 5.81. The number of likely N-dealkylation sites (tertiary alicyclic amines) is 1. The molecule has 4 bridgehead atoms. The van der Waals surface area contributed by atoms with E-state index < -0.39 is 17.6 Å². The zero-order valence-corrected chi connectivity index (χ0v) is 21.5. The molecule has 3 saturated carbocycles. The van der Waals surface area contributed by atoms with E-state index in [0.29, 0.717) is 24.8 Å². The van der Waals surface area contributed by atoms with Crippen LogP contribution >= 0.6 is 0 Å². The van der Waals surface area contributed by atoms with Gasteiger partial charge < -0.3 is 19.8 Å². The van der Waals surface area contributed by atoms with Crippen molar-refractivity contribution in [1.29, 1.82) is 0 Å². The van der Waals surface area contributed by atoms with Gasteiger partial charge in [0.2, 0.25) is 5.91 Å². The van der Waals surface area contributed by atoms with Crippen molar-refractivity contribution in [3.8, 4) is 11.5 Å². The van der Waals surface area contributed by atoms with Crippen LogP contribution in [0.5, 0.6) is 11.5 Å². The number of aromatic hydroxyl groups is 1. The third-order valence-corrected chi connectivity index (χ3v) is 11.3. The highest BCUT2D eigenvalue weighted by Gasteiger charge is 2.84. The second-order valence-electron chi connectivity index (χ2n) is 12.8. The Kier molecular flexibility index (Phi) is 4.42. The summed E-state index contributed by atoms with van der Waals surface area (Å²) in [5.74, 6) is 1.06. The summed E-state index contributed by atoms with van der Waals surface area (Å²) in [6.45, 7) is 2.67. The Balaban J connectivity index is 1.24. The van der Waals surface area contributed by atoms with Crippen molar-refractivity contribution in [1.82, 2.24) is 9.80 Å². The van der Waals surface area contributed by atoms with E-state index in [9.17, 15) is 15.0 Å². The molecule has 2 aromatic carbocycles. The van der Waals surface area contributed by atoms with Gasteiger partial charge in [0.1, 0.15) is 11.7 Å². The van der Waals surface area contributed by atoms with Crippen molar-refractivity contribution in [2.45, 2.75) is 74.7 Å². The third-order valence-electron chi connectivity index (χ3n) is 11.3. The molecule has 2 heterocycles. The summed E-state index contributed by atoms with van der Waals surface area (Å²) in [6, 6.07) is 14.3. The van der Waals surface area contributed by atoms with E-state index >= 15 is 0 Å². The van der Waals surface area contributed by atoms with Gasteiger partial charge in [-0.25, -0.2) is 0 Å². The number of carbonyl (C=O) groups is 1. The van der Waals surface area contributed by atoms with Crippen molar-refractivity contribution in [3.05, 3.63) is 59.2 Å². The lowest BCUT2D eigenvalue weighted by molar-refractivity contribution is -0.200. The molecule has 2 N–H and O–H groups in total. The molecule has 1 amide bonds. The summed E-state index contributed by atoms with van der Waals surface area (Å²) in [7, 11) is 1.86. The van der Waals surface area contributed by atoms with Crippen LogP contribution in [-0.4, -0.2) is 63.8 Å². The lowest BCUT2D eigenvalue weighted by atomic mass is 9.42. The van der Waals surface area contributed by atoms with Crippen LogP contribution in [-0.2, 0) is 23.2 Å². The number of nitrogens with zero attached hydrogens (tertiary/aromatic N) is 2. The van der Waals surface area contributed by atoms with E-state index in [1.165, 1.54) is 18.4 Å². The van der Waals surface area contributed by atoms with Crippen molar-refractivity contribution in [3.63, 3.8) is 0 Å². The lowest BCUT2D eigenvalue weighted by Gasteiger charge is -2.66. The summed E-state index contributed by atoms with van der Waals surface area (Å²) < 4.78 is 6.81. The van der Waals surface area contributed by atoms with Crippen LogP contribution in [0.1, 0.15) is 55.2 Å². The van der Waals surface area contributed by atoms with E-state index in [1.807, 2.05) is 37.4 Å². The molecule has 2 unspecified atom stereocenters. The summed E-state index contributed by atoms with van der Waals surface area (Å²) in [6.07, 6.45) is 6.02. The molecule has 6 atom stereocenters. The minimum absolute atomic E-state index is 0.00763. The van der Waals surface area contributed by atoms with E-state index in [0.717, 1.165) is 55.8 Å². The Morgan fingerprint density at radius 2 is 1.95 bits per heavy atom. The molecule has 2 aromatic rings. The van der Waals surface area contributed by atoms with Crippen molar-refractivity contribution >= 4 is 5.91 Å². The van der Waals surface area contributed by atoms with E-state index in [4.69, 9.17) is 4.74 Å². The van der Waals surface area contributed by atoms with Gasteiger partial charge in [-0.15, -0.1) is 0 Å². The Hall–Kier alpha value is -2.57. The number of phenols is 1. The number of ether oxygens (including phenoxy) is 1. The monoisotopic (exact) mass is 500 g/mol. The minimum atomic E-state index is -0.901. The molecule has 8 rings (SSSR count). The maximum atomic E-state index is 14.1. The molecule has 1 spiro atoms. The van der Waals surface area contributed by atoms with Gasteiger partial charge >= 0.3 is 0 Å². The standard InChI is InChI=1S/C31H36N2O4/c1-32(17-19-5-3-2-4-6-19)28(36)22-16-29-11-12-31(27(22)35)30(29)13-14-33(18-20-7-8-20)24(29)15-21-9-10-23(34)26(37-31)25(21)30/h2-6,9-10,20,22,24,27,34-35H,7-8,11-18H2,1H3/t22-,24-,27?,29+,30-,31?/m1/s1. The number of carbonyl (C=O) groups excluding carboxylic acids is 1. The maximum Gasteiger partial charge on any atom is 0.228 e. The summed E-state index contributed by atoms with van der Waals surface area (Å²) in [5.41, 5.74) is 2.22. The van der Waals surface area contributed by atoms with Gasteiger partial charge in [0.05, 0.1) is 11.3 Å². The molecule has 37 heavy (non-hydrogen) atoms. The van der Waals surface area contributed by atoms with Gasteiger partial charge in [-0.05, 0) is 74.6 Å². The van der Waals surface area contributed by atoms with E-state index in [2.05, 4.69) is 11.0 Å². The predicted molar refractivity (Wildman–Crippen MR) is 138 cm³/mol. The number of phenolic OH excluding ortho intramolecular Hbond substituents is 1. The highest BCUT2D eigenvalue weighted by Crippen LogP contribution is 2.79. The Labute approximate surface area is 218 Å². The first-order valence-corrected chi connectivity index (χ1v) is 14.2. The average molecular weight is 501 g/mol. The molecule has 1 saturated heterocycles. The number of aliphatic hydroxyl groups excluding tert-OH is 1. The van der Waals surface area contributed by atoms with Crippen molar-refractivity contribution in [2.75, 3.05) is 20.1 Å². The van der Waals surface area contributed by atoms with Crippen LogP contribution in [0.2, 0.25) is 0 Å². The molecule has 4 fully saturated rings. The highest BCUT2D eigenvalue weighted by atomic mass is 16.5. The Morgan fingerprint density at radius 1 is 1.14 bits per heavy atom. The largest absolute Gasteiger partial charge is 0.504 e. The summed E-state index contributed by atoms with van der Waals surface area (Å²) in [5, 5.41) is 23.1. The van der Waals surface area contributed by atoms with Crippen LogP contribution in [0.4, 0.5) is 0 Å². The lowest BCUT2D eigenvalue weighted by Crippen LogP contribution is -2.76. The van der Waals surface area contributed by atoms with Crippen molar-refractivity contribution < 1.29 is 19.7 Å². The molecular weight excluding hydrogens is 464 g/mol.